The molecule has 0 amide bonds. The van der Waals surface area contributed by atoms with Gasteiger partial charge in [-0.25, -0.2) is 8.78 Å². The van der Waals surface area contributed by atoms with Crippen LogP contribution in [-0.4, -0.2) is 7.11 Å². The Kier molecular flexibility index (Phi) is 4.20. The second kappa shape index (κ2) is 5.70. The van der Waals surface area contributed by atoms with Crippen molar-refractivity contribution in [1.82, 2.24) is 0 Å². The van der Waals surface area contributed by atoms with Gasteiger partial charge >= 0.3 is 0 Å². The van der Waals surface area contributed by atoms with Crippen LogP contribution in [0.5, 0.6) is 5.75 Å². The molecule has 0 radical (unpaired) electrons. The van der Waals surface area contributed by atoms with E-state index in [1.54, 1.807) is 18.2 Å². The Labute approximate surface area is 119 Å². The van der Waals surface area contributed by atoms with Gasteiger partial charge in [-0.1, -0.05) is 28.1 Å². The molecule has 0 N–H and O–H groups in total. The Balaban J connectivity index is 2.41. The molecule has 0 saturated heterocycles. The summed E-state index contributed by atoms with van der Waals surface area (Å²) in [4.78, 5) is -0.261. The fraction of sp³-hybridized carbons (Fsp3) is 0.200. The zero-order chi connectivity index (χ0) is 14.0. The molecule has 19 heavy (non-hydrogen) atoms. The van der Waals surface area contributed by atoms with Crippen molar-refractivity contribution < 1.29 is 13.5 Å². The van der Waals surface area contributed by atoms with Gasteiger partial charge in [0.1, 0.15) is 5.82 Å². The number of hydrogen-bond acceptors (Lipinski definition) is 1. The maximum atomic E-state index is 13.7. The van der Waals surface area contributed by atoms with Crippen LogP contribution in [0.1, 0.15) is 21.5 Å². The molecule has 1 atom stereocenters. The molecule has 0 aromatic heterocycles. The lowest BCUT2D eigenvalue weighted by Crippen LogP contribution is -1.98. The number of benzene rings is 2. The molecule has 1 unspecified atom stereocenters. The Morgan fingerprint density at radius 1 is 1.11 bits per heavy atom. The average molecular weight is 327 g/mol. The summed E-state index contributed by atoms with van der Waals surface area (Å²) in [6, 6.07) is 9.28. The van der Waals surface area contributed by atoms with Crippen LogP contribution in [0.3, 0.4) is 0 Å². The normalized spacial score (nSPS) is 12.3. The van der Waals surface area contributed by atoms with Gasteiger partial charge in [-0.05, 0) is 47.9 Å². The van der Waals surface area contributed by atoms with Crippen LogP contribution in [0.15, 0.2) is 36.4 Å². The van der Waals surface area contributed by atoms with Crippen molar-refractivity contribution in [2.45, 2.75) is 11.8 Å². The summed E-state index contributed by atoms with van der Waals surface area (Å²) in [5.74, 6) is -0.544. The van der Waals surface area contributed by atoms with Crippen LogP contribution >= 0.6 is 15.9 Å². The number of halogens is 3. The van der Waals surface area contributed by atoms with E-state index in [0.29, 0.717) is 5.56 Å². The number of methoxy groups -OCH3 is 1. The Hall–Kier alpha value is -1.42. The number of ether oxygens (including phenoxy) is 1. The van der Waals surface area contributed by atoms with Gasteiger partial charge in [-0.3, -0.25) is 0 Å². The van der Waals surface area contributed by atoms with E-state index in [4.69, 9.17) is 4.74 Å². The van der Waals surface area contributed by atoms with Gasteiger partial charge in [-0.15, -0.1) is 0 Å². The Morgan fingerprint density at radius 3 is 2.47 bits per heavy atom. The molecule has 0 heterocycles. The van der Waals surface area contributed by atoms with Crippen molar-refractivity contribution in [3.05, 3.63) is 64.7 Å². The third kappa shape index (κ3) is 2.95. The van der Waals surface area contributed by atoms with E-state index in [1.807, 2.05) is 6.92 Å². The molecule has 4 heteroatoms. The molecule has 0 saturated carbocycles. The molecule has 2 aromatic rings. The molecular weight excluding hydrogens is 314 g/mol. The molecular formula is C15H13BrF2O. The summed E-state index contributed by atoms with van der Waals surface area (Å²) in [6.45, 7) is 1.89. The van der Waals surface area contributed by atoms with Crippen LogP contribution < -0.4 is 4.74 Å². The number of aryl methyl sites for hydroxylation is 1. The van der Waals surface area contributed by atoms with Crippen molar-refractivity contribution >= 4 is 15.9 Å². The van der Waals surface area contributed by atoms with Crippen molar-refractivity contribution in [2.75, 3.05) is 7.11 Å². The minimum Gasteiger partial charge on any atom is -0.494 e. The summed E-state index contributed by atoms with van der Waals surface area (Å²) in [7, 11) is 1.42. The van der Waals surface area contributed by atoms with Crippen LogP contribution in [0, 0.1) is 18.6 Å². The molecule has 2 aromatic carbocycles. The van der Waals surface area contributed by atoms with Gasteiger partial charge in [-0.2, -0.15) is 0 Å². The van der Waals surface area contributed by atoms with E-state index in [2.05, 4.69) is 15.9 Å². The van der Waals surface area contributed by atoms with Gasteiger partial charge in [0.25, 0.3) is 0 Å². The van der Waals surface area contributed by atoms with Gasteiger partial charge < -0.3 is 4.74 Å². The zero-order valence-electron chi connectivity index (χ0n) is 10.6. The first-order valence-electron chi connectivity index (χ1n) is 5.76. The predicted octanol–water partition coefficient (Wildman–Crippen LogP) is 4.77. The van der Waals surface area contributed by atoms with E-state index < -0.39 is 5.82 Å². The van der Waals surface area contributed by atoms with Crippen LogP contribution in [0.25, 0.3) is 0 Å². The zero-order valence-corrected chi connectivity index (χ0v) is 12.2. The maximum Gasteiger partial charge on any atom is 0.165 e. The first kappa shape index (κ1) is 14.0. The summed E-state index contributed by atoms with van der Waals surface area (Å²) in [6.07, 6.45) is 0. The van der Waals surface area contributed by atoms with Gasteiger partial charge in [0.15, 0.2) is 11.6 Å². The highest BCUT2D eigenvalue weighted by Crippen LogP contribution is 2.34. The molecule has 0 fully saturated rings. The second-order valence-electron chi connectivity index (χ2n) is 4.26. The van der Waals surface area contributed by atoms with Crippen LogP contribution in [0.2, 0.25) is 0 Å². The Bertz CT molecular complexity index is 599. The molecule has 0 spiro atoms. The average Bonchev–Trinajstić information content (AvgIpc) is 2.40. The summed E-state index contributed by atoms with van der Waals surface area (Å²) >= 11 is 3.49. The fourth-order valence-corrected chi connectivity index (χ4v) is 2.68. The Morgan fingerprint density at radius 2 is 1.84 bits per heavy atom. The van der Waals surface area contributed by atoms with Gasteiger partial charge in [0, 0.05) is 0 Å². The third-order valence-electron chi connectivity index (χ3n) is 2.98. The quantitative estimate of drug-likeness (QED) is 0.738. The minimum absolute atomic E-state index is 0.194. The molecule has 2 rings (SSSR count). The van der Waals surface area contributed by atoms with E-state index in [9.17, 15) is 8.78 Å². The first-order chi connectivity index (χ1) is 9.02. The summed E-state index contributed by atoms with van der Waals surface area (Å²) in [5, 5.41) is 0. The summed E-state index contributed by atoms with van der Waals surface area (Å²) < 4.78 is 31.9. The summed E-state index contributed by atoms with van der Waals surface area (Å²) in [5.41, 5.74) is 2.44. The van der Waals surface area contributed by atoms with E-state index in [1.165, 1.54) is 25.3 Å². The maximum absolute atomic E-state index is 13.7. The van der Waals surface area contributed by atoms with E-state index in [-0.39, 0.29) is 16.4 Å². The highest BCUT2D eigenvalue weighted by molar-refractivity contribution is 9.09. The lowest BCUT2D eigenvalue weighted by molar-refractivity contribution is 0.386. The van der Waals surface area contributed by atoms with Crippen LogP contribution in [-0.2, 0) is 0 Å². The first-order valence-corrected chi connectivity index (χ1v) is 6.68. The lowest BCUT2D eigenvalue weighted by atomic mass is 10.00. The lowest BCUT2D eigenvalue weighted by Gasteiger charge is -2.14. The minimum atomic E-state index is -0.432. The predicted molar refractivity (Wildman–Crippen MR) is 74.9 cm³/mol. The van der Waals surface area contributed by atoms with Crippen molar-refractivity contribution in [3.63, 3.8) is 0 Å². The van der Waals surface area contributed by atoms with E-state index in [0.717, 1.165) is 11.1 Å². The molecule has 100 valence electrons. The molecule has 1 nitrogen and oxygen atoms in total. The fourth-order valence-electron chi connectivity index (χ4n) is 1.90. The highest BCUT2D eigenvalue weighted by atomic mass is 79.9. The van der Waals surface area contributed by atoms with E-state index >= 15 is 0 Å². The van der Waals surface area contributed by atoms with Crippen molar-refractivity contribution in [3.8, 4) is 5.75 Å². The number of alkyl halides is 1. The largest absolute Gasteiger partial charge is 0.494 e. The monoisotopic (exact) mass is 326 g/mol. The van der Waals surface area contributed by atoms with Crippen LogP contribution in [0.4, 0.5) is 8.78 Å². The molecule has 0 aliphatic rings. The topological polar surface area (TPSA) is 9.23 Å². The van der Waals surface area contributed by atoms with Crippen molar-refractivity contribution in [1.29, 1.82) is 0 Å². The third-order valence-corrected chi connectivity index (χ3v) is 4.00. The van der Waals surface area contributed by atoms with Crippen molar-refractivity contribution in [2.24, 2.45) is 0 Å². The van der Waals surface area contributed by atoms with Gasteiger partial charge in [0.2, 0.25) is 0 Å². The smallest absolute Gasteiger partial charge is 0.165 e. The number of rotatable bonds is 3. The molecule has 0 aliphatic carbocycles. The van der Waals surface area contributed by atoms with Gasteiger partial charge in [0.05, 0.1) is 11.9 Å². The molecule has 0 aliphatic heterocycles. The SMILES string of the molecule is COc1ccc(C(Br)c2cc(F)ccc2C)cc1F. The highest BCUT2D eigenvalue weighted by Gasteiger charge is 2.15. The molecule has 0 bridgehead atoms. The second-order valence-corrected chi connectivity index (χ2v) is 5.17. The standard InChI is InChI=1S/C15H13BrF2O/c1-9-3-5-11(17)8-12(9)15(16)10-4-6-14(19-2)13(18)7-10/h3-8,15H,1-2H3. The number of hydrogen-bond donors (Lipinski definition) is 0.